The first-order valence-electron chi connectivity index (χ1n) is 6.32. The van der Waals surface area contributed by atoms with Gasteiger partial charge in [0.1, 0.15) is 0 Å². The average molecular weight is 282 g/mol. The van der Waals surface area contributed by atoms with Crippen LogP contribution in [-0.2, 0) is 0 Å². The summed E-state index contributed by atoms with van der Waals surface area (Å²) in [5, 5.41) is 1.43. The van der Waals surface area contributed by atoms with E-state index in [-0.39, 0.29) is 5.78 Å². The largest absolute Gasteiger partial charge is 0.289 e. The van der Waals surface area contributed by atoms with Gasteiger partial charge >= 0.3 is 0 Å². The van der Waals surface area contributed by atoms with Crippen molar-refractivity contribution in [1.29, 1.82) is 0 Å². The van der Waals surface area contributed by atoms with Gasteiger partial charge in [0.2, 0.25) is 0 Å². The highest BCUT2D eigenvalue weighted by Crippen LogP contribution is 2.25. The summed E-state index contributed by atoms with van der Waals surface area (Å²) < 4.78 is 0. The predicted molar refractivity (Wildman–Crippen MR) is 81.4 cm³/mol. The summed E-state index contributed by atoms with van der Waals surface area (Å²) >= 11 is 6.23. The highest BCUT2D eigenvalue weighted by molar-refractivity contribution is 6.35. The number of ketones is 1. The van der Waals surface area contributed by atoms with E-state index in [0.29, 0.717) is 16.1 Å². The van der Waals surface area contributed by atoms with Gasteiger partial charge in [-0.2, -0.15) is 0 Å². The predicted octanol–water partition coefficient (Wildman–Crippen LogP) is 4.43. The number of hydrogen-bond donors (Lipinski definition) is 0. The lowest BCUT2D eigenvalue weighted by Gasteiger charge is -2.05. The molecule has 3 rings (SSSR count). The van der Waals surface area contributed by atoms with Gasteiger partial charge in [-0.15, -0.1) is 0 Å². The minimum absolute atomic E-state index is 0.0101. The SMILES string of the molecule is Cc1cc(Cl)c2cc(C(=O)c3ccccc3)ccc2n1. The van der Waals surface area contributed by atoms with Crippen molar-refractivity contribution in [3.05, 3.63) is 76.4 Å². The van der Waals surface area contributed by atoms with Crippen molar-refractivity contribution in [2.45, 2.75) is 6.92 Å². The molecule has 2 nitrogen and oxygen atoms in total. The van der Waals surface area contributed by atoms with Crippen molar-refractivity contribution in [2.24, 2.45) is 0 Å². The summed E-state index contributed by atoms with van der Waals surface area (Å²) in [6.45, 7) is 1.90. The molecule has 0 unspecified atom stereocenters. The number of halogens is 1. The number of carbonyl (C=O) groups is 1. The molecular weight excluding hydrogens is 270 g/mol. The lowest BCUT2D eigenvalue weighted by Crippen LogP contribution is -2.01. The van der Waals surface area contributed by atoms with Gasteiger partial charge in [0.25, 0.3) is 0 Å². The van der Waals surface area contributed by atoms with E-state index in [1.54, 1.807) is 18.2 Å². The van der Waals surface area contributed by atoms with E-state index in [0.717, 1.165) is 16.6 Å². The number of fused-ring (bicyclic) bond motifs is 1. The van der Waals surface area contributed by atoms with Crippen LogP contribution < -0.4 is 0 Å². The molecular formula is C17H12ClNO. The van der Waals surface area contributed by atoms with Crippen LogP contribution in [0.2, 0.25) is 5.02 Å². The highest BCUT2D eigenvalue weighted by Gasteiger charge is 2.11. The van der Waals surface area contributed by atoms with E-state index in [9.17, 15) is 4.79 Å². The Bertz CT molecular complexity index is 797. The molecule has 0 radical (unpaired) electrons. The molecule has 0 atom stereocenters. The number of rotatable bonds is 2. The van der Waals surface area contributed by atoms with Gasteiger partial charge in [-0.05, 0) is 31.2 Å². The molecule has 0 saturated heterocycles. The summed E-state index contributed by atoms with van der Waals surface area (Å²) in [7, 11) is 0. The molecule has 2 aromatic carbocycles. The fourth-order valence-corrected chi connectivity index (χ4v) is 2.51. The maximum atomic E-state index is 12.4. The number of benzene rings is 2. The first kappa shape index (κ1) is 12.8. The third kappa shape index (κ3) is 2.30. The number of hydrogen-bond acceptors (Lipinski definition) is 2. The fourth-order valence-electron chi connectivity index (χ4n) is 2.21. The average Bonchev–Trinajstić information content (AvgIpc) is 2.47. The summed E-state index contributed by atoms with van der Waals surface area (Å²) in [4.78, 5) is 16.8. The van der Waals surface area contributed by atoms with Gasteiger partial charge in [-0.25, -0.2) is 0 Å². The monoisotopic (exact) mass is 281 g/mol. The van der Waals surface area contributed by atoms with Crippen LogP contribution in [0.15, 0.2) is 54.6 Å². The van der Waals surface area contributed by atoms with Crippen molar-refractivity contribution in [1.82, 2.24) is 4.98 Å². The number of nitrogens with zero attached hydrogens (tertiary/aromatic N) is 1. The molecule has 1 aromatic heterocycles. The van der Waals surface area contributed by atoms with E-state index in [1.807, 2.05) is 43.3 Å². The Morgan fingerprint density at radius 2 is 1.75 bits per heavy atom. The topological polar surface area (TPSA) is 30.0 Å². The quantitative estimate of drug-likeness (QED) is 0.651. The van der Waals surface area contributed by atoms with E-state index >= 15 is 0 Å². The maximum Gasteiger partial charge on any atom is 0.193 e. The molecule has 0 amide bonds. The number of carbonyl (C=O) groups excluding carboxylic acids is 1. The zero-order chi connectivity index (χ0) is 14.1. The summed E-state index contributed by atoms with van der Waals surface area (Å²) in [5.74, 6) is -0.0101. The van der Waals surface area contributed by atoms with Gasteiger partial charge in [0.05, 0.1) is 10.5 Å². The Kier molecular flexibility index (Phi) is 3.25. The number of aromatic nitrogens is 1. The fraction of sp³-hybridized carbons (Fsp3) is 0.0588. The molecule has 0 aliphatic rings. The van der Waals surface area contributed by atoms with E-state index in [4.69, 9.17) is 11.6 Å². The standard InChI is InChI=1S/C17H12ClNO/c1-11-9-15(18)14-10-13(7-8-16(14)19-11)17(20)12-5-3-2-4-6-12/h2-10H,1H3. The van der Waals surface area contributed by atoms with Crippen LogP contribution in [-0.4, -0.2) is 10.8 Å². The van der Waals surface area contributed by atoms with Crippen molar-refractivity contribution >= 4 is 28.3 Å². The Morgan fingerprint density at radius 3 is 2.50 bits per heavy atom. The molecule has 0 spiro atoms. The van der Waals surface area contributed by atoms with E-state index in [2.05, 4.69) is 4.98 Å². The van der Waals surface area contributed by atoms with Crippen molar-refractivity contribution in [2.75, 3.05) is 0 Å². The second kappa shape index (κ2) is 5.06. The Morgan fingerprint density at radius 1 is 1.00 bits per heavy atom. The van der Waals surface area contributed by atoms with E-state index in [1.165, 1.54) is 0 Å². The van der Waals surface area contributed by atoms with Gasteiger partial charge in [-0.1, -0.05) is 41.9 Å². The third-order valence-corrected chi connectivity index (χ3v) is 3.50. The Hall–Kier alpha value is -2.19. The first-order valence-corrected chi connectivity index (χ1v) is 6.69. The maximum absolute atomic E-state index is 12.4. The van der Waals surface area contributed by atoms with Crippen LogP contribution in [0.1, 0.15) is 21.6 Å². The number of aryl methyl sites for hydroxylation is 1. The van der Waals surface area contributed by atoms with Crippen molar-refractivity contribution in [3.8, 4) is 0 Å². The van der Waals surface area contributed by atoms with E-state index < -0.39 is 0 Å². The summed E-state index contributed by atoms with van der Waals surface area (Å²) in [6, 6.07) is 16.5. The smallest absolute Gasteiger partial charge is 0.193 e. The van der Waals surface area contributed by atoms with Crippen molar-refractivity contribution in [3.63, 3.8) is 0 Å². The second-order valence-corrected chi connectivity index (χ2v) is 5.08. The molecule has 98 valence electrons. The van der Waals surface area contributed by atoms with Crippen LogP contribution in [0.25, 0.3) is 10.9 Å². The molecule has 0 aliphatic carbocycles. The molecule has 0 saturated carbocycles. The normalized spacial score (nSPS) is 10.7. The lowest BCUT2D eigenvalue weighted by atomic mass is 10.0. The third-order valence-electron chi connectivity index (χ3n) is 3.18. The van der Waals surface area contributed by atoms with Gasteiger partial charge in [-0.3, -0.25) is 9.78 Å². The highest BCUT2D eigenvalue weighted by atomic mass is 35.5. The van der Waals surface area contributed by atoms with Crippen LogP contribution in [0.3, 0.4) is 0 Å². The summed E-state index contributed by atoms with van der Waals surface area (Å²) in [6.07, 6.45) is 0. The van der Waals surface area contributed by atoms with Crippen LogP contribution in [0.4, 0.5) is 0 Å². The molecule has 20 heavy (non-hydrogen) atoms. The molecule has 0 fully saturated rings. The van der Waals surface area contributed by atoms with Crippen LogP contribution in [0.5, 0.6) is 0 Å². The van der Waals surface area contributed by atoms with Gasteiger partial charge in [0, 0.05) is 22.2 Å². The molecule has 3 aromatic rings. The molecule has 1 heterocycles. The van der Waals surface area contributed by atoms with Gasteiger partial charge < -0.3 is 0 Å². The zero-order valence-corrected chi connectivity index (χ0v) is 11.7. The lowest BCUT2D eigenvalue weighted by molar-refractivity contribution is 0.103. The Balaban J connectivity index is 2.12. The van der Waals surface area contributed by atoms with Crippen molar-refractivity contribution < 1.29 is 4.79 Å². The summed E-state index contributed by atoms with van der Waals surface area (Å²) in [5.41, 5.74) is 2.96. The zero-order valence-electron chi connectivity index (χ0n) is 10.9. The molecule has 0 bridgehead atoms. The first-order chi connectivity index (χ1) is 9.65. The second-order valence-electron chi connectivity index (χ2n) is 4.67. The molecule has 3 heteroatoms. The van der Waals surface area contributed by atoms with Gasteiger partial charge in [0.15, 0.2) is 5.78 Å². The minimum atomic E-state index is -0.0101. The number of pyridine rings is 1. The van der Waals surface area contributed by atoms with Crippen LogP contribution >= 0.6 is 11.6 Å². The molecule has 0 N–H and O–H groups in total. The Labute approximate surface area is 122 Å². The minimum Gasteiger partial charge on any atom is -0.289 e. The molecule has 0 aliphatic heterocycles. The van der Waals surface area contributed by atoms with Crippen LogP contribution in [0, 0.1) is 6.92 Å².